The van der Waals surface area contributed by atoms with Gasteiger partial charge in [0.2, 0.25) is 5.95 Å². The Morgan fingerprint density at radius 3 is 2.50 bits per heavy atom. The van der Waals surface area contributed by atoms with Crippen molar-refractivity contribution in [3.8, 4) is 0 Å². The number of nitrogens with zero attached hydrogens (tertiary/aromatic N) is 4. The number of fused-ring (bicyclic) bond motifs is 3. The van der Waals surface area contributed by atoms with Crippen LogP contribution in [-0.2, 0) is 6.42 Å². The number of H-pyrrole nitrogens is 1. The zero-order valence-corrected chi connectivity index (χ0v) is 18.6. The number of benzene rings is 2. The van der Waals surface area contributed by atoms with Gasteiger partial charge in [0.05, 0.1) is 11.2 Å². The van der Waals surface area contributed by atoms with Crippen LogP contribution in [0.25, 0.3) is 10.9 Å². The smallest absolute Gasteiger partial charge is 0.229 e. The van der Waals surface area contributed by atoms with Crippen LogP contribution in [0, 0.1) is 32.4 Å². The van der Waals surface area contributed by atoms with Gasteiger partial charge < -0.3 is 15.6 Å². The molecule has 1 atom stereocenters. The Hall–Kier alpha value is -3.26. The molecule has 1 aliphatic heterocycles. The number of anilines is 2. The van der Waals surface area contributed by atoms with Crippen molar-refractivity contribution in [1.29, 1.82) is 0 Å². The van der Waals surface area contributed by atoms with E-state index in [4.69, 9.17) is 17.3 Å². The molecular weight excluding hydrogens is 434 g/mol. The molecule has 0 saturated carbocycles. The largest absolute Gasteiger partial charge is 0.397 e. The predicted octanol–water partition coefficient (Wildman–Crippen LogP) is 4.94. The molecule has 4 aromatic rings. The first kappa shape index (κ1) is 20.6. The van der Waals surface area contributed by atoms with Crippen molar-refractivity contribution in [1.82, 2.24) is 19.9 Å². The van der Waals surface area contributed by atoms with Crippen LogP contribution >= 0.6 is 11.6 Å². The summed E-state index contributed by atoms with van der Waals surface area (Å²) in [6.07, 6.45) is 0.630. The van der Waals surface area contributed by atoms with E-state index in [0.717, 1.165) is 22.2 Å². The van der Waals surface area contributed by atoms with Crippen LogP contribution in [-0.4, -0.2) is 26.5 Å². The predicted molar refractivity (Wildman–Crippen MR) is 121 cm³/mol. The summed E-state index contributed by atoms with van der Waals surface area (Å²) < 4.78 is 29.9. The van der Waals surface area contributed by atoms with E-state index in [9.17, 15) is 4.39 Å². The molecule has 6 nitrogen and oxygen atoms in total. The Labute approximate surface area is 188 Å². The summed E-state index contributed by atoms with van der Waals surface area (Å²) in [5.74, 6) is -0.229. The molecule has 0 radical (unpaired) electrons. The minimum absolute atomic E-state index is 0.195. The standard InChI is InChI=1S/C23H21ClF2N6/c1-10-4-5-15(19(26)18(10)25)22-21-14(16-8-13(24)9-17(27)20(16)31-21)6-7-32(22)23-29-11(2)28-12(3)30-23/h4-5,8-9,22,31H,6-7,27H2,1-3H3. The molecule has 3 heterocycles. The molecule has 0 fully saturated rings. The fourth-order valence-corrected chi connectivity index (χ4v) is 4.75. The van der Waals surface area contributed by atoms with E-state index < -0.39 is 17.7 Å². The molecule has 0 amide bonds. The normalized spacial score (nSPS) is 15.9. The van der Waals surface area contributed by atoms with Gasteiger partial charge in [-0.2, -0.15) is 9.97 Å². The molecule has 9 heteroatoms. The molecule has 1 aliphatic rings. The number of nitrogen functional groups attached to an aromatic ring is 1. The molecule has 5 rings (SSSR count). The topological polar surface area (TPSA) is 83.7 Å². The number of rotatable bonds is 2. The van der Waals surface area contributed by atoms with Crippen LogP contribution < -0.4 is 10.6 Å². The Balaban J connectivity index is 1.79. The van der Waals surface area contributed by atoms with Gasteiger partial charge in [0.25, 0.3) is 0 Å². The molecule has 3 N–H and O–H groups in total. The maximum atomic E-state index is 15.3. The molecule has 1 unspecified atom stereocenters. The highest BCUT2D eigenvalue weighted by Crippen LogP contribution is 2.42. The van der Waals surface area contributed by atoms with Crippen molar-refractivity contribution in [3.05, 3.63) is 75.0 Å². The van der Waals surface area contributed by atoms with Crippen molar-refractivity contribution >= 4 is 34.1 Å². The van der Waals surface area contributed by atoms with Gasteiger partial charge in [0.15, 0.2) is 11.6 Å². The molecule has 2 aromatic heterocycles. The highest BCUT2D eigenvalue weighted by Gasteiger charge is 2.36. The lowest BCUT2D eigenvalue weighted by atomic mass is 9.91. The monoisotopic (exact) mass is 454 g/mol. The summed E-state index contributed by atoms with van der Waals surface area (Å²) in [4.78, 5) is 18.5. The number of aryl methyl sites for hydroxylation is 3. The number of aromatic amines is 1. The van der Waals surface area contributed by atoms with E-state index in [1.807, 2.05) is 11.0 Å². The Morgan fingerprint density at radius 1 is 1.06 bits per heavy atom. The summed E-state index contributed by atoms with van der Waals surface area (Å²) in [7, 11) is 0. The number of hydrogen-bond donors (Lipinski definition) is 2. The van der Waals surface area contributed by atoms with Gasteiger partial charge in [-0.1, -0.05) is 23.7 Å². The van der Waals surface area contributed by atoms with E-state index in [0.29, 0.717) is 41.3 Å². The van der Waals surface area contributed by atoms with E-state index in [1.54, 1.807) is 32.0 Å². The summed E-state index contributed by atoms with van der Waals surface area (Å²) in [6, 6.07) is 6.03. The minimum Gasteiger partial charge on any atom is -0.397 e. The Morgan fingerprint density at radius 2 is 1.78 bits per heavy atom. The van der Waals surface area contributed by atoms with E-state index in [-0.39, 0.29) is 11.1 Å². The van der Waals surface area contributed by atoms with Gasteiger partial charge in [0, 0.05) is 28.2 Å². The fourth-order valence-electron chi connectivity index (χ4n) is 4.52. The van der Waals surface area contributed by atoms with Crippen LogP contribution in [0.4, 0.5) is 20.4 Å². The number of halogens is 3. The minimum atomic E-state index is -0.889. The number of nitrogens with one attached hydrogen (secondary N) is 1. The highest BCUT2D eigenvalue weighted by atomic mass is 35.5. The number of nitrogens with two attached hydrogens (primary N) is 1. The van der Waals surface area contributed by atoms with E-state index in [2.05, 4.69) is 19.9 Å². The number of aromatic nitrogens is 4. The Kier molecular flexibility index (Phi) is 4.78. The second-order valence-electron chi connectivity index (χ2n) is 8.11. The zero-order valence-electron chi connectivity index (χ0n) is 17.8. The van der Waals surface area contributed by atoms with Gasteiger partial charge in [-0.25, -0.2) is 13.8 Å². The fraction of sp³-hybridized carbons (Fsp3) is 0.261. The van der Waals surface area contributed by atoms with Crippen molar-refractivity contribution in [2.24, 2.45) is 0 Å². The maximum absolute atomic E-state index is 15.3. The maximum Gasteiger partial charge on any atom is 0.229 e. The molecule has 0 bridgehead atoms. The van der Waals surface area contributed by atoms with Gasteiger partial charge >= 0.3 is 0 Å². The summed E-state index contributed by atoms with van der Waals surface area (Å²) >= 11 is 6.26. The molecule has 2 aromatic carbocycles. The first-order valence-corrected chi connectivity index (χ1v) is 10.6. The molecule has 164 valence electrons. The molecule has 0 saturated heterocycles. The second kappa shape index (κ2) is 7.41. The molecular formula is C23H21ClF2N6. The highest BCUT2D eigenvalue weighted by molar-refractivity contribution is 6.32. The van der Waals surface area contributed by atoms with Crippen LogP contribution in [0.3, 0.4) is 0 Å². The van der Waals surface area contributed by atoms with E-state index >= 15 is 4.39 Å². The third-order valence-electron chi connectivity index (χ3n) is 5.94. The van der Waals surface area contributed by atoms with Crippen molar-refractivity contribution in [3.63, 3.8) is 0 Å². The second-order valence-corrected chi connectivity index (χ2v) is 8.55. The summed E-state index contributed by atoms with van der Waals surface area (Å²) in [5, 5.41) is 1.40. The van der Waals surface area contributed by atoms with Gasteiger partial charge in [-0.15, -0.1) is 0 Å². The van der Waals surface area contributed by atoms with Gasteiger partial charge in [-0.05, 0) is 50.5 Å². The SMILES string of the molecule is Cc1nc(C)nc(N2CCc3c([nH]c4c(N)cc(Cl)cc34)C2c2ccc(C)c(F)c2F)n1. The first-order chi connectivity index (χ1) is 15.2. The third-order valence-corrected chi connectivity index (χ3v) is 6.15. The van der Waals surface area contributed by atoms with Crippen molar-refractivity contribution < 1.29 is 8.78 Å². The van der Waals surface area contributed by atoms with Crippen LogP contribution in [0.1, 0.15) is 40.1 Å². The summed E-state index contributed by atoms with van der Waals surface area (Å²) in [6.45, 7) is 5.59. The lowest BCUT2D eigenvalue weighted by Crippen LogP contribution is -2.38. The first-order valence-electron chi connectivity index (χ1n) is 10.2. The lowest BCUT2D eigenvalue weighted by molar-refractivity contribution is 0.480. The lowest BCUT2D eigenvalue weighted by Gasteiger charge is -2.36. The third kappa shape index (κ3) is 3.17. The van der Waals surface area contributed by atoms with E-state index in [1.165, 1.54) is 6.92 Å². The average molecular weight is 455 g/mol. The van der Waals surface area contributed by atoms with Crippen LogP contribution in [0.2, 0.25) is 5.02 Å². The zero-order chi connectivity index (χ0) is 22.7. The molecule has 0 aliphatic carbocycles. The molecule has 0 spiro atoms. The van der Waals surface area contributed by atoms with Crippen molar-refractivity contribution in [2.45, 2.75) is 33.2 Å². The summed E-state index contributed by atoms with van der Waals surface area (Å²) in [5.41, 5.74) is 9.57. The average Bonchev–Trinajstić information content (AvgIpc) is 3.10. The van der Waals surface area contributed by atoms with Crippen LogP contribution in [0.15, 0.2) is 24.3 Å². The van der Waals surface area contributed by atoms with Crippen molar-refractivity contribution in [2.75, 3.05) is 17.2 Å². The van der Waals surface area contributed by atoms with Gasteiger partial charge in [-0.3, -0.25) is 0 Å². The quantitative estimate of drug-likeness (QED) is 0.419. The van der Waals surface area contributed by atoms with Gasteiger partial charge in [0.1, 0.15) is 17.7 Å². The number of hydrogen-bond acceptors (Lipinski definition) is 5. The Bertz CT molecular complexity index is 1360. The van der Waals surface area contributed by atoms with Crippen LogP contribution in [0.5, 0.6) is 0 Å². The molecule has 32 heavy (non-hydrogen) atoms.